The molecule has 1 atom stereocenters. The van der Waals surface area contributed by atoms with Gasteiger partial charge >= 0.3 is 5.97 Å². The van der Waals surface area contributed by atoms with Crippen LogP contribution >= 0.6 is 0 Å². The molecule has 0 aromatic heterocycles. The minimum Gasteiger partial charge on any atom is -0.462 e. The third-order valence-corrected chi connectivity index (χ3v) is 4.28. The van der Waals surface area contributed by atoms with Crippen molar-refractivity contribution in [3.63, 3.8) is 0 Å². The summed E-state index contributed by atoms with van der Waals surface area (Å²) in [5.41, 5.74) is 1.01. The Morgan fingerprint density at radius 1 is 1.33 bits per heavy atom. The molecule has 0 saturated carbocycles. The topological polar surface area (TPSA) is 60.4 Å². The maximum atomic E-state index is 12.0. The molecule has 0 bridgehead atoms. The first-order valence-corrected chi connectivity index (χ1v) is 9.09. The van der Waals surface area contributed by atoms with Gasteiger partial charge < -0.3 is 4.74 Å². The summed E-state index contributed by atoms with van der Waals surface area (Å²) < 4.78 is 27.9. The zero-order valence-corrected chi connectivity index (χ0v) is 12.9. The van der Waals surface area contributed by atoms with Crippen LogP contribution in [0.1, 0.15) is 35.2 Å². The lowest BCUT2D eigenvalue weighted by molar-refractivity contribution is 0.0432. The van der Waals surface area contributed by atoms with E-state index in [4.69, 9.17) is 4.74 Å². The van der Waals surface area contributed by atoms with E-state index in [-0.39, 0.29) is 11.7 Å². The normalized spacial score (nSPS) is 18.4. The highest BCUT2D eigenvalue weighted by atomic mass is 32.2. The van der Waals surface area contributed by atoms with Crippen molar-refractivity contribution < 1.29 is 17.9 Å². The number of sulfone groups is 1. The van der Waals surface area contributed by atoms with E-state index < -0.39 is 9.84 Å². The zero-order chi connectivity index (χ0) is 15.3. The Hall–Kier alpha value is -1.62. The first-order valence-electron chi connectivity index (χ1n) is 7.03. The maximum Gasteiger partial charge on any atom is 0.338 e. The Bertz CT molecular complexity index is 631. The molecule has 1 aliphatic rings. The average molecular weight is 308 g/mol. The van der Waals surface area contributed by atoms with Crippen LogP contribution in [0.4, 0.5) is 0 Å². The number of hydrogen-bond acceptors (Lipinski definition) is 4. The predicted molar refractivity (Wildman–Crippen MR) is 81.8 cm³/mol. The highest BCUT2D eigenvalue weighted by Crippen LogP contribution is 2.19. The second kappa shape index (κ2) is 6.89. The summed E-state index contributed by atoms with van der Waals surface area (Å²) in [6.07, 6.45) is 8.46. The molecule has 4 nitrogen and oxygen atoms in total. The summed E-state index contributed by atoms with van der Waals surface area (Å²) >= 11 is 0. The van der Waals surface area contributed by atoms with Gasteiger partial charge in [0.1, 0.15) is 0 Å². The standard InChI is InChI=1S/C16H20O4S/c1-21(18,19)12-14-8-5-9-15(10-14)16(17)20-11-13-6-3-2-4-7-13/h2-3,5,8-10,13H,4,6-7,11-12H2,1H3. The largest absolute Gasteiger partial charge is 0.462 e. The highest BCUT2D eigenvalue weighted by molar-refractivity contribution is 7.89. The van der Waals surface area contributed by atoms with Crippen molar-refractivity contribution in [1.82, 2.24) is 0 Å². The summed E-state index contributed by atoms with van der Waals surface area (Å²) in [5, 5.41) is 0. The van der Waals surface area contributed by atoms with Gasteiger partial charge in [-0.1, -0.05) is 24.3 Å². The van der Waals surface area contributed by atoms with E-state index in [1.807, 2.05) is 0 Å². The van der Waals surface area contributed by atoms with E-state index in [1.165, 1.54) is 6.26 Å². The molecule has 0 aliphatic heterocycles. The molecule has 5 heteroatoms. The molecular formula is C16H20O4S. The number of carbonyl (C=O) groups excluding carboxylic acids is 1. The van der Waals surface area contributed by atoms with Gasteiger partial charge in [-0.2, -0.15) is 0 Å². The lowest BCUT2D eigenvalue weighted by Gasteiger charge is -2.17. The van der Waals surface area contributed by atoms with Gasteiger partial charge in [0.05, 0.1) is 17.9 Å². The first-order chi connectivity index (χ1) is 9.94. The molecule has 0 amide bonds. The molecule has 114 valence electrons. The molecule has 1 aromatic carbocycles. The van der Waals surface area contributed by atoms with Crippen LogP contribution in [0.25, 0.3) is 0 Å². The molecule has 0 saturated heterocycles. The predicted octanol–water partition coefficient (Wildman–Crippen LogP) is 2.74. The number of ether oxygens (including phenoxy) is 1. The SMILES string of the molecule is CS(=O)(=O)Cc1cccc(C(=O)OCC2CC=CCC2)c1. The lowest BCUT2D eigenvalue weighted by Crippen LogP contribution is -2.15. The molecule has 2 rings (SSSR count). The molecule has 1 unspecified atom stereocenters. The molecular weight excluding hydrogens is 288 g/mol. The second-order valence-electron chi connectivity index (χ2n) is 5.52. The van der Waals surface area contributed by atoms with E-state index >= 15 is 0 Å². The lowest BCUT2D eigenvalue weighted by atomic mass is 9.95. The fourth-order valence-electron chi connectivity index (χ4n) is 2.38. The van der Waals surface area contributed by atoms with E-state index in [0.717, 1.165) is 19.3 Å². The number of carbonyl (C=O) groups is 1. The van der Waals surface area contributed by atoms with Crippen LogP contribution in [0.5, 0.6) is 0 Å². The minimum absolute atomic E-state index is 0.0679. The van der Waals surface area contributed by atoms with E-state index in [1.54, 1.807) is 24.3 Å². The van der Waals surface area contributed by atoms with Gasteiger partial charge in [0.2, 0.25) is 0 Å². The van der Waals surface area contributed by atoms with Gasteiger partial charge in [-0.05, 0) is 42.9 Å². The van der Waals surface area contributed by atoms with Gasteiger partial charge in [0, 0.05) is 6.26 Å². The second-order valence-corrected chi connectivity index (χ2v) is 7.66. The zero-order valence-electron chi connectivity index (χ0n) is 12.1. The summed E-state index contributed by atoms with van der Waals surface area (Å²) in [6.45, 7) is 0.416. The molecule has 21 heavy (non-hydrogen) atoms. The fraction of sp³-hybridized carbons (Fsp3) is 0.438. The van der Waals surface area contributed by atoms with Gasteiger partial charge in [-0.15, -0.1) is 0 Å². The molecule has 1 aliphatic carbocycles. The molecule has 0 heterocycles. The average Bonchev–Trinajstić information content (AvgIpc) is 2.44. The summed E-state index contributed by atoms with van der Waals surface area (Å²) in [4.78, 5) is 12.0. The Kier molecular flexibility index (Phi) is 5.17. The smallest absolute Gasteiger partial charge is 0.338 e. The molecule has 0 N–H and O–H groups in total. The van der Waals surface area contributed by atoms with Crippen molar-refractivity contribution in [2.45, 2.75) is 25.0 Å². The Labute approximate surface area is 125 Å². The van der Waals surface area contributed by atoms with Crippen molar-refractivity contribution in [2.24, 2.45) is 5.92 Å². The number of allylic oxidation sites excluding steroid dienone is 2. The first kappa shape index (κ1) is 15.8. The van der Waals surface area contributed by atoms with E-state index in [0.29, 0.717) is 23.7 Å². The van der Waals surface area contributed by atoms with Crippen LogP contribution in [0.3, 0.4) is 0 Å². The van der Waals surface area contributed by atoms with Crippen molar-refractivity contribution in [3.8, 4) is 0 Å². The number of esters is 1. The fourth-order valence-corrected chi connectivity index (χ4v) is 3.16. The van der Waals surface area contributed by atoms with Crippen molar-refractivity contribution in [1.29, 1.82) is 0 Å². The Morgan fingerprint density at radius 3 is 2.81 bits per heavy atom. The summed E-state index contributed by atoms with van der Waals surface area (Å²) in [7, 11) is -3.11. The van der Waals surface area contributed by atoms with E-state index in [9.17, 15) is 13.2 Å². The third-order valence-electron chi connectivity index (χ3n) is 3.42. The number of hydrogen-bond donors (Lipinski definition) is 0. The maximum absolute atomic E-state index is 12.0. The minimum atomic E-state index is -3.11. The Balaban J connectivity index is 1.95. The summed E-state index contributed by atoms with van der Waals surface area (Å²) in [6, 6.07) is 6.61. The third kappa shape index (κ3) is 5.34. The number of benzene rings is 1. The van der Waals surface area contributed by atoms with Crippen LogP contribution in [0, 0.1) is 5.92 Å². The molecule has 0 fully saturated rings. The van der Waals surface area contributed by atoms with Crippen LogP contribution in [-0.4, -0.2) is 27.2 Å². The number of rotatable bonds is 5. The van der Waals surface area contributed by atoms with Crippen molar-refractivity contribution >= 4 is 15.8 Å². The van der Waals surface area contributed by atoms with Gasteiger partial charge in [0.25, 0.3) is 0 Å². The quantitative estimate of drug-likeness (QED) is 0.620. The van der Waals surface area contributed by atoms with Crippen molar-refractivity contribution in [2.75, 3.05) is 12.9 Å². The summed E-state index contributed by atoms with van der Waals surface area (Å²) in [5.74, 6) is -0.0697. The monoisotopic (exact) mass is 308 g/mol. The van der Waals surface area contributed by atoms with Crippen LogP contribution in [0.2, 0.25) is 0 Å². The van der Waals surface area contributed by atoms with Gasteiger partial charge in [-0.25, -0.2) is 13.2 Å². The van der Waals surface area contributed by atoms with Gasteiger partial charge in [-0.3, -0.25) is 0 Å². The van der Waals surface area contributed by atoms with Gasteiger partial charge in [0.15, 0.2) is 9.84 Å². The van der Waals surface area contributed by atoms with Crippen LogP contribution in [0.15, 0.2) is 36.4 Å². The Morgan fingerprint density at radius 2 is 2.14 bits per heavy atom. The van der Waals surface area contributed by atoms with Crippen LogP contribution in [-0.2, 0) is 20.3 Å². The highest BCUT2D eigenvalue weighted by Gasteiger charge is 2.15. The molecule has 1 aromatic rings. The molecule has 0 radical (unpaired) electrons. The molecule has 0 spiro atoms. The van der Waals surface area contributed by atoms with Crippen LogP contribution < -0.4 is 0 Å². The van der Waals surface area contributed by atoms with E-state index in [2.05, 4.69) is 12.2 Å². The van der Waals surface area contributed by atoms with Crippen molar-refractivity contribution in [3.05, 3.63) is 47.5 Å².